The van der Waals surface area contributed by atoms with Crippen molar-refractivity contribution in [2.45, 2.75) is 18.8 Å². The van der Waals surface area contributed by atoms with E-state index >= 15 is 0 Å². The van der Waals surface area contributed by atoms with Crippen LogP contribution in [0.15, 0.2) is 24.3 Å². The molecule has 1 aromatic heterocycles. The number of hydrogen-bond acceptors (Lipinski definition) is 4. The molecule has 18 heavy (non-hydrogen) atoms. The van der Waals surface area contributed by atoms with Crippen LogP contribution in [0.4, 0.5) is 4.39 Å². The van der Waals surface area contributed by atoms with E-state index in [4.69, 9.17) is 0 Å². The normalized spacial score (nSPS) is 16.9. The average Bonchev–Trinajstić information content (AvgIpc) is 2.90. The molecule has 0 spiro atoms. The number of aromatic nitrogens is 4. The molecule has 1 N–H and O–H groups in total. The predicted octanol–water partition coefficient (Wildman–Crippen LogP) is 1.27. The van der Waals surface area contributed by atoms with Gasteiger partial charge in [0.15, 0.2) is 5.82 Å². The second kappa shape index (κ2) is 4.81. The summed E-state index contributed by atoms with van der Waals surface area (Å²) >= 11 is 0. The molecule has 0 bridgehead atoms. The fraction of sp³-hybridized carbons (Fsp3) is 0.417. The molecule has 1 aromatic carbocycles. The van der Waals surface area contributed by atoms with Crippen LogP contribution in [0, 0.1) is 5.82 Å². The van der Waals surface area contributed by atoms with E-state index in [1.807, 2.05) is 0 Å². The van der Waals surface area contributed by atoms with E-state index in [-0.39, 0.29) is 5.82 Å². The molecule has 0 atom stereocenters. The first kappa shape index (κ1) is 11.3. The molecule has 94 valence electrons. The summed E-state index contributed by atoms with van der Waals surface area (Å²) in [5.74, 6) is 0.888. The molecule has 1 fully saturated rings. The standard InChI is InChI=1S/C12H14FN5/c13-10-1-3-11(4-2-10)18-16-12(15-17-18)9-5-7-14-8-6-9/h1-4,9,14H,5-8H2. The van der Waals surface area contributed by atoms with Gasteiger partial charge in [-0.1, -0.05) is 0 Å². The maximum absolute atomic E-state index is 12.8. The van der Waals surface area contributed by atoms with E-state index < -0.39 is 0 Å². The lowest BCUT2D eigenvalue weighted by atomic mass is 9.98. The molecule has 1 saturated heterocycles. The van der Waals surface area contributed by atoms with Crippen molar-refractivity contribution in [3.63, 3.8) is 0 Å². The summed E-state index contributed by atoms with van der Waals surface area (Å²) in [5.41, 5.74) is 0.726. The van der Waals surface area contributed by atoms with Crippen molar-refractivity contribution in [3.05, 3.63) is 35.9 Å². The first-order valence-corrected chi connectivity index (χ1v) is 6.09. The van der Waals surface area contributed by atoms with Gasteiger partial charge >= 0.3 is 0 Å². The van der Waals surface area contributed by atoms with E-state index in [0.717, 1.165) is 37.4 Å². The van der Waals surface area contributed by atoms with Crippen molar-refractivity contribution in [3.8, 4) is 5.69 Å². The largest absolute Gasteiger partial charge is 0.317 e. The Labute approximate surface area is 104 Å². The maximum atomic E-state index is 12.8. The molecule has 2 heterocycles. The molecule has 0 amide bonds. The summed E-state index contributed by atoms with van der Waals surface area (Å²) in [5, 5.41) is 15.8. The highest BCUT2D eigenvalue weighted by molar-refractivity contribution is 5.28. The molecule has 1 aliphatic heterocycles. The number of halogens is 1. The Balaban J connectivity index is 1.82. The minimum Gasteiger partial charge on any atom is -0.317 e. The number of piperidine rings is 1. The summed E-state index contributed by atoms with van der Waals surface area (Å²) in [6, 6.07) is 6.07. The highest BCUT2D eigenvalue weighted by Crippen LogP contribution is 2.21. The molecule has 6 heteroatoms. The van der Waals surface area contributed by atoms with Crippen LogP contribution in [0.2, 0.25) is 0 Å². The zero-order valence-electron chi connectivity index (χ0n) is 9.88. The van der Waals surface area contributed by atoms with E-state index in [9.17, 15) is 4.39 Å². The first-order valence-electron chi connectivity index (χ1n) is 6.09. The first-order chi connectivity index (χ1) is 8.83. The van der Waals surface area contributed by atoms with Crippen LogP contribution in [0.3, 0.4) is 0 Å². The van der Waals surface area contributed by atoms with Gasteiger partial charge in [-0.3, -0.25) is 0 Å². The summed E-state index contributed by atoms with van der Waals surface area (Å²) in [7, 11) is 0. The van der Waals surface area contributed by atoms with Gasteiger partial charge in [0.1, 0.15) is 5.82 Å². The average molecular weight is 247 g/mol. The van der Waals surface area contributed by atoms with Gasteiger partial charge in [0.2, 0.25) is 0 Å². The van der Waals surface area contributed by atoms with Gasteiger partial charge in [-0.25, -0.2) is 4.39 Å². The summed E-state index contributed by atoms with van der Waals surface area (Å²) in [6.07, 6.45) is 2.07. The predicted molar refractivity (Wildman–Crippen MR) is 64.0 cm³/mol. The number of hydrogen-bond donors (Lipinski definition) is 1. The van der Waals surface area contributed by atoms with Gasteiger partial charge in [-0.15, -0.1) is 15.0 Å². The number of benzene rings is 1. The van der Waals surface area contributed by atoms with E-state index in [2.05, 4.69) is 20.7 Å². The van der Waals surface area contributed by atoms with Crippen molar-refractivity contribution in [1.29, 1.82) is 0 Å². The Morgan fingerprint density at radius 2 is 1.89 bits per heavy atom. The molecule has 0 radical (unpaired) electrons. The number of tetrazole rings is 1. The third kappa shape index (κ3) is 2.24. The van der Waals surface area contributed by atoms with Crippen LogP contribution in [-0.2, 0) is 0 Å². The van der Waals surface area contributed by atoms with Crippen LogP contribution in [-0.4, -0.2) is 33.3 Å². The molecular weight excluding hydrogens is 233 g/mol. The van der Waals surface area contributed by atoms with Crippen LogP contribution >= 0.6 is 0 Å². The lowest BCUT2D eigenvalue weighted by Crippen LogP contribution is -2.27. The minimum atomic E-state index is -0.266. The summed E-state index contributed by atoms with van der Waals surface area (Å²) < 4.78 is 12.8. The van der Waals surface area contributed by atoms with Crippen molar-refractivity contribution in [1.82, 2.24) is 25.5 Å². The number of rotatable bonds is 2. The van der Waals surface area contributed by atoms with Crippen LogP contribution in [0.1, 0.15) is 24.6 Å². The number of nitrogens with one attached hydrogen (secondary N) is 1. The summed E-state index contributed by atoms with van der Waals surface area (Å²) in [4.78, 5) is 1.46. The molecular formula is C12H14FN5. The fourth-order valence-electron chi connectivity index (χ4n) is 2.15. The second-order valence-corrected chi connectivity index (χ2v) is 4.44. The molecule has 5 nitrogen and oxygen atoms in total. The summed E-state index contributed by atoms with van der Waals surface area (Å²) in [6.45, 7) is 1.99. The lowest BCUT2D eigenvalue weighted by molar-refractivity contribution is 0.444. The third-order valence-corrected chi connectivity index (χ3v) is 3.19. The smallest absolute Gasteiger partial charge is 0.178 e. The van der Waals surface area contributed by atoms with Gasteiger partial charge in [0.25, 0.3) is 0 Å². The van der Waals surface area contributed by atoms with Gasteiger partial charge in [-0.2, -0.15) is 0 Å². The molecule has 0 aliphatic carbocycles. The molecule has 1 aliphatic rings. The van der Waals surface area contributed by atoms with Gasteiger partial charge in [0.05, 0.1) is 5.69 Å². The van der Waals surface area contributed by atoms with Crippen molar-refractivity contribution < 1.29 is 4.39 Å². The lowest BCUT2D eigenvalue weighted by Gasteiger charge is -2.18. The van der Waals surface area contributed by atoms with Crippen molar-refractivity contribution in [2.75, 3.05) is 13.1 Å². The Bertz CT molecular complexity index is 516. The second-order valence-electron chi connectivity index (χ2n) is 4.44. The Morgan fingerprint density at radius 3 is 2.61 bits per heavy atom. The maximum Gasteiger partial charge on any atom is 0.178 e. The molecule has 2 aromatic rings. The highest BCUT2D eigenvalue weighted by Gasteiger charge is 2.20. The van der Waals surface area contributed by atoms with Gasteiger partial charge in [0, 0.05) is 5.92 Å². The monoisotopic (exact) mass is 247 g/mol. The van der Waals surface area contributed by atoms with Crippen LogP contribution in [0.5, 0.6) is 0 Å². The van der Waals surface area contributed by atoms with Crippen molar-refractivity contribution in [2.24, 2.45) is 0 Å². The Hall–Kier alpha value is -1.82. The quantitative estimate of drug-likeness (QED) is 0.868. The van der Waals surface area contributed by atoms with Crippen molar-refractivity contribution >= 4 is 0 Å². The third-order valence-electron chi connectivity index (χ3n) is 3.19. The fourth-order valence-corrected chi connectivity index (χ4v) is 2.15. The Kier molecular flexibility index (Phi) is 3.02. The van der Waals surface area contributed by atoms with Gasteiger partial charge in [-0.05, 0) is 55.4 Å². The van der Waals surface area contributed by atoms with Gasteiger partial charge < -0.3 is 5.32 Å². The SMILES string of the molecule is Fc1ccc(-n2nnc(C3CCNCC3)n2)cc1. The Morgan fingerprint density at radius 1 is 1.17 bits per heavy atom. The minimum absolute atomic E-state index is 0.266. The zero-order chi connectivity index (χ0) is 12.4. The van der Waals surface area contributed by atoms with Crippen LogP contribution < -0.4 is 5.32 Å². The van der Waals surface area contributed by atoms with E-state index in [1.54, 1.807) is 12.1 Å². The van der Waals surface area contributed by atoms with E-state index in [1.165, 1.54) is 16.9 Å². The van der Waals surface area contributed by atoms with Crippen LogP contribution in [0.25, 0.3) is 5.69 Å². The van der Waals surface area contributed by atoms with E-state index in [0.29, 0.717) is 5.92 Å². The zero-order valence-corrected chi connectivity index (χ0v) is 9.88. The molecule has 0 saturated carbocycles. The highest BCUT2D eigenvalue weighted by atomic mass is 19.1. The topological polar surface area (TPSA) is 55.6 Å². The molecule has 3 rings (SSSR count). The molecule has 0 unspecified atom stereocenters. The number of nitrogens with zero attached hydrogens (tertiary/aromatic N) is 4.